The average Bonchev–Trinajstić information content (AvgIpc) is 2.18. The minimum atomic E-state index is -0.305. The third-order valence-electron chi connectivity index (χ3n) is 1.76. The van der Waals surface area contributed by atoms with Gasteiger partial charge in [0.2, 0.25) is 0 Å². The van der Waals surface area contributed by atoms with E-state index in [1.54, 1.807) is 24.2 Å². The van der Waals surface area contributed by atoms with Crippen LogP contribution in [0.2, 0.25) is 5.02 Å². The van der Waals surface area contributed by atoms with E-state index in [9.17, 15) is 4.79 Å². The van der Waals surface area contributed by atoms with Crippen LogP contribution in [-0.2, 0) is 9.53 Å². The molecule has 1 aromatic rings. The molecule has 0 aromatic carbocycles. The van der Waals surface area contributed by atoms with Gasteiger partial charge in [-0.2, -0.15) is 0 Å². The van der Waals surface area contributed by atoms with E-state index in [4.69, 9.17) is 11.6 Å². The predicted molar refractivity (Wildman–Crippen MR) is 54.5 cm³/mol. The van der Waals surface area contributed by atoms with Gasteiger partial charge in [-0.15, -0.1) is 0 Å². The Labute approximate surface area is 87.4 Å². The SMILES string of the molecule is COC(=O)CN(C)c1ccncc1Cl. The maximum atomic E-state index is 11.0. The maximum absolute atomic E-state index is 11.0. The molecule has 0 aliphatic heterocycles. The molecule has 4 nitrogen and oxygen atoms in total. The lowest BCUT2D eigenvalue weighted by Crippen LogP contribution is -2.26. The summed E-state index contributed by atoms with van der Waals surface area (Å²) in [4.78, 5) is 16.5. The summed E-state index contributed by atoms with van der Waals surface area (Å²) in [7, 11) is 3.11. The van der Waals surface area contributed by atoms with Crippen molar-refractivity contribution in [2.24, 2.45) is 0 Å². The third kappa shape index (κ3) is 2.60. The van der Waals surface area contributed by atoms with Gasteiger partial charge in [0, 0.05) is 19.4 Å². The van der Waals surface area contributed by atoms with Crippen LogP contribution < -0.4 is 4.90 Å². The van der Waals surface area contributed by atoms with E-state index in [2.05, 4.69) is 9.72 Å². The molecule has 0 saturated carbocycles. The summed E-state index contributed by atoms with van der Waals surface area (Å²) in [6.07, 6.45) is 3.15. The zero-order valence-corrected chi connectivity index (χ0v) is 8.78. The van der Waals surface area contributed by atoms with Crippen molar-refractivity contribution in [2.45, 2.75) is 0 Å². The van der Waals surface area contributed by atoms with E-state index in [1.165, 1.54) is 13.3 Å². The third-order valence-corrected chi connectivity index (χ3v) is 2.05. The monoisotopic (exact) mass is 214 g/mol. The lowest BCUT2D eigenvalue weighted by Gasteiger charge is -2.18. The summed E-state index contributed by atoms with van der Waals surface area (Å²) in [6.45, 7) is 0.167. The number of rotatable bonds is 3. The molecule has 0 spiro atoms. The summed E-state index contributed by atoms with van der Waals surface area (Å²) in [5.41, 5.74) is 0.757. The highest BCUT2D eigenvalue weighted by Gasteiger charge is 2.09. The Morgan fingerprint density at radius 2 is 2.43 bits per heavy atom. The Balaban J connectivity index is 2.74. The van der Waals surface area contributed by atoms with E-state index in [0.717, 1.165) is 5.69 Å². The molecule has 0 bridgehead atoms. The number of hydrogen-bond donors (Lipinski definition) is 0. The van der Waals surface area contributed by atoms with Gasteiger partial charge in [-0.1, -0.05) is 11.6 Å². The van der Waals surface area contributed by atoms with Crippen molar-refractivity contribution in [3.05, 3.63) is 23.5 Å². The van der Waals surface area contributed by atoms with E-state index in [0.29, 0.717) is 5.02 Å². The maximum Gasteiger partial charge on any atom is 0.325 e. The number of esters is 1. The molecule has 1 rings (SSSR count). The topological polar surface area (TPSA) is 42.4 Å². The van der Waals surface area contributed by atoms with E-state index in [-0.39, 0.29) is 12.5 Å². The molecule has 0 radical (unpaired) electrons. The van der Waals surface area contributed by atoms with Gasteiger partial charge in [0.1, 0.15) is 6.54 Å². The second-order valence-corrected chi connectivity index (χ2v) is 3.17. The van der Waals surface area contributed by atoms with Gasteiger partial charge in [-0.3, -0.25) is 9.78 Å². The molecule has 1 heterocycles. The molecule has 0 N–H and O–H groups in total. The van der Waals surface area contributed by atoms with Crippen LogP contribution in [0.4, 0.5) is 5.69 Å². The first-order valence-corrected chi connectivity index (χ1v) is 4.40. The smallest absolute Gasteiger partial charge is 0.325 e. The van der Waals surface area contributed by atoms with E-state index in [1.807, 2.05) is 0 Å². The van der Waals surface area contributed by atoms with Gasteiger partial charge >= 0.3 is 5.97 Å². The molecule has 5 heteroatoms. The molecular weight excluding hydrogens is 204 g/mol. The van der Waals surface area contributed by atoms with Crippen LogP contribution in [0.15, 0.2) is 18.5 Å². The summed E-state index contributed by atoms with van der Waals surface area (Å²) < 4.78 is 4.54. The highest BCUT2D eigenvalue weighted by Crippen LogP contribution is 2.22. The fraction of sp³-hybridized carbons (Fsp3) is 0.333. The Morgan fingerprint density at radius 1 is 1.71 bits per heavy atom. The molecule has 0 aliphatic carbocycles. The van der Waals surface area contributed by atoms with Gasteiger partial charge < -0.3 is 9.64 Å². The Hall–Kier alpha value is -1.29. The van der Waals surface area contributed by atoms with Crippen molar-refractivity contribution in [3.8, 4) is 0 Å². The second-order valence-electron chi connectivity index (χ2n) is 2.76. The fourth-order valence-electron chi connectivity index (χ4n) is 1.02. The molecule has 0 amide bonds. The molecule has 0 saturated heterocycles. The predicted octanol–water partition coefficient (Wildman–Crippen LogP) is 1.34. The van der Waals surface area contributed by atoms with Crippen molar-refractivity contribution in [3.63, 3.8) is 0 Å². The quantitative estimate of drug-likeness (QED) is 0.713. The minimum absolute atomic E-state index is 0.167. The number of hydrogen-bond acceptors (Lipinski definition) is 4. The van der Waals surface area contributed by atoms with Crippen molar-refractivity contribution >= 4 is 23.3 Å². The number of aromatic nitrogens is 1. The summed E-state index contributed by atoms with van der Waals surface area (Å²) >= 11 is 5.89. The molecule has 76 valence electrons. The summed E-state index contributed by atoms with van der Waals surface area (Å²) in [5, 5.41) is 0.513. The van der Waals surface area contributed by atoms with E-state index < -0.39 is 0 Å². The van der Waals surface area contributed by atoms with Crippen LogP contribution >= 0.6 is 11.6 Å². The number of carbonyl (C=O) groups is 1. The second kappa shape index (κ2) is 4.81. The molecule has 1 aromatic heterocycles. The molecule has 0 aliphatic rings. The van der Waals surface area contributed by atoms with Gasteiger partial charge in [0.05, 0.1) is 17.8 Å². The number of likely N-dealkylation sites (N-methyl/N-ethyl adjacent to an activating group) is 1. The summed E-state index contributed by atoms with van der Waals surface area (Å²) in [5.74, 6) is -0.305. The number of carbonyl (C=O) groups excluding carboxylic acids is 1. The molecular formula is C9H11ClN2O2. The first kappa shape index (κ1) is 10.8. The van der Waals surface area contributed by atoms with Gasteiger partial charge in [0.15, 0.2) is 0 Å². The number of nitrogens with zero attached hydrogens (tertiary/aromatic N) is 2. The average molecular weight is 215 g/mol. The van der Waals surface area contributed by atoms with Gasteiger partial charge in [0.25, 0.3) is 0 Å². The van der Waals surface area contributed by atoms with Crippen LogP contribution in [0.5, 0.6) is 0 Å². The van der Waals surface area contributed by atoms with E-state index >= 15 is 0 Å². The fourth-order valence-corrected chi connectivity index (χ4v) is 1.28. The first-order chi connectivity index (χ1) is 6.65. The van der Waals surface area contributed by atoms with Crippen LogP contribution in [-0.4, -0.2) is 31.7 Å². The highest BCUT2D eigenvalue weighted by molar-refractivity contribution is 6.33. The summed E-state index contributed by atoms with van der Waals surface area (Å²) in [6, 6.07) is 1.74. The van der Waals surface area contributed by atoms with Crippen LogP contribution in [0, 0.1) is 0 Å². The van der Waals surface area contributed by atoms with Crippen LogP contribution in [0.3, 0.4) is 0 Å². The number of halogens is 1. The largest absolute Gasteiger partial charge is 0.468 e. The molecule has 0 unspecified atom stereocenters. The van der Waals surface area contributed by atoms with Crippen LogP contribution in [0.1, 0.15) is 0 Å². The van der Waals surface area contributed by atoms with Crippen molar-refractivity contribution in [2.75, 3.05) is 25.6 Å². The lowest BCUT2D eigenvalue weighted by atomic mass is 10.3. The number of ether oxygens (including phenoxy) is 1. The van der Waals surface area contributed by atoms with Crippen molar-refractivity contribution in [1.29, 1.82) is 0 Å². The van der Waals surface area contributed by atoms with Crippen LogP contribution in [0.25, 0.3) is 0 Å². The molecule has 14 heavy (non-hydrogen) atoms. The first-order valence-electron chi connectivity index (χ1n) is 4.02. The zero-order chi connectivity index (χ0) is 10.6. The zero-order valence-electron chi connectivity index (χ0n) is 8.03. The van der Waals surface area contributed by atoms with Gasteiger partial charge in [-0.25, -0.2) is 0 Å². The normalized spacial score (nSPS) is 9.64. The van der Waals surface area contributed by atoms with Gasteiger partial charge in [-0.05, 0) is 6.07 Å². The highest BCUT2D eigenvalue weighted by atomic mass is 35.5. The number of pyridine rings is 1. The Bertz CT molecular complexity index is 330. The Morgan fingerprint density at radius 3 is 3.00 bits per heavy atom. The minimum Gasteiger partial charge on any atom is -0.468 e. The van der Waals surface area contributed by atoms with Crippen molar-refractivity contribution < 1.29 is 9.53 Å². The standard InChI is InChI=1S/C9H11ClN2O2/c1-12(6-9(13)14-2)8-3-4-11-5-7(8)10/h3-5H,6H2,1-2H3. The van der Waals surface area contributed by atoms with Crippen molar-refractivity contribution in [1.82, 2.24) is 4.98 Å². The molecule has 0 atom stereocenters. The molecule has 0 fully saturated rings. The number of methoxy groups -OCH3 is 1. The Kier molecular flexibility index (Phi) is 3.71. The number of anilines is 1. The lowest BCUT2D eigenvalue weighted by molar-refractivity contribution is -0.138.